The summed E-state index contributed by atoms with van der Waals surface area (Å²) in [6.45, 7) is 4.07. The molecule has 7 nitrogen and oxygen atoms in total. The van der Waals surface area contributed by atoms with Crippen molar-refractivity contribution < 1.29 is 9.59 Å². The van der Waals surface area contributed by atoms with Crippen molar-refractivity contribution in [3.8, 4) is 16.9 Å². The van der Waals surface area contributed by atoms with Crippen LogP contribution in [0.5, 0.6) is 0 Å². The van der Waals surface area contributed by atoms with E-state index in [9.17, 15) is 9.59 Å². The van der Waals surface area contributed by atoms with Crippen LogP contribution in [0.2, 0.25) is 10.0 Å². The van der Waals surface area contributed by atoms with Crippen LogP contribution in [0.15, 0.2) is 79.1 Å². The Morgan fingerprint density at radius 2 is 1.82 bits per heavy atom. The SMILES string of the molecule is CC1(C)[C@@H](C(=O)N[C@@H](Cc2ccccc2)C(N)=O)[C@@H]1c1cc(-c2cccnc2)nn1-c1ccc(Cl)c(Cl)c1. The number of hydrogen-bond donors (Lipinski definition) is 2. The van der Waals surface area contributed by atoms with Gasteiger partial charge in [0.15, 0.2) is 0 Å². The quantitative estimate of drug-likeness (QED) is 0.316. The molecule has 0 saturated heterocycles. The van der Waals surface area contributed by atoms with E-state index in [1.807, 2.05) is 68.4 Å². The Morgan fingerprint density at radius 1 is 1.05 bits per heavy atom. The summed E-state index contributed by atoms with van der Waals surface area (Å²) >= 11 is 12.5. The van der Waals surface area contributed by atoms with E-state index in [0.29, 0.717) is 16.5 Å². The Labute approximate surface area is 231 Å². The minimum absolute atomic E-state index is 0.167. The third kappa shape index (κ3) is 5.04. The highest BCUT2D eigenvalue weighted by Gasteiger charge is 2.63. The second kappa shape index (κ2) is 10.2. The van der Waals surface area contributed by atoms with Gasteiger partial charge in [0.1, 0.15) is 6.04 Å². The Balaban J connectivity index is 1.48. The Hall–Kier alpha value is -3.68. The molecule has 4 aromatic rings. The molecule has 0 spiro atoms. The maximum Gasteiger partial charge on any atom is 0.240 e. The summed E-state index contributed by atoms with van der Waals surface area (Å²) < 4.78 is 1.81. The molecule has 3 atom stereocenters. The average molecular weight is 548 g/mol. The number of rotatable bonds is 8. The smallest absolute Gasteiger partial charge is 0.240 e. The molecule has 0 bridgehead atoms. The van der Waals surface area contributed by atoms with E-state index < -0.39 is 11.9 Å². The molecular weight excluding hydrogens is 521 g/mol. The summed E-state index contributed by atoms with van der Waals surface area (Å²) in [7, 11) is 0. The number of benzene rings is 2. The van der Waals surface area contributed by atoms with Gasteiger partial charge >= 0.3 is 0 Å². The standard InChI is InChI=1S/C29H27Cl2N5O2/c1-29(2)25(26(29)28(38)34-23(27(32)37)13-17-7-4-3-5-8-17)24-15-22(18-9-6-12-33-16-18)35-36(24)19-10-11-20(30)21(31)14-19/h3-12,14-16,23,25-26H,13H2,1-2H3,(H2,32,37)(H,34,38)/t23-,25-,26+/m0/s1. The number of nitrogens with two attached hydrogens (primary N) is 1. The molecule has 2 aromatic heterocycles. The van der Waals surface area contributed by atoms with E-state index in [0.717, 1.165) is 28.2 Å². The summed E-state index contributed by atoms with van der Waals surface area (Å²) in [5, 5.41) is 8.61. The van der Waals surface area contributed by atoms with E-state index >= 15 is 0 Å². The fourth-order valence-electron chi connectivity index (χ4n) is 5.11. The lowest BCUT2D eigenvalue weighted by molar-refractivity contribution is -0.128. The average Bonchev–Trinajstić information content (AvgIpc) is 3.24. The van der Waals surface area contributed by atoms with Gasteiger partial charge in [-0.15, -0.1) is 0 Å². The van der Waals surface area contributed by atoms with Gasteiger partial charge in [-0.2, -0.15) is 5.10 Å². The number of aromatic nitrogens is 3. The lowest BCUT2D eigenvalue weighted by atomic mass is 10.0. The normalized spacial score (nSPS) is 18.5. The van der Waals surface area contributed by atoms with Gasteiger partial charge in [0.05, 0.1) is 27.3 Å². The van der Waals surface area contributed by atoms with Crippen LogP contribution in [0.25, 0.3) is 16.9 Å². The van der Waals surface area contributed by atoms with E-state index in [2.05, 4.69) is 10.3 Å². The van der Waals surface area contributed by atoms with E-state index in [1.165, 1.54) is 0 Å². The van der Waals surface area contributed by atoms with Crippen LogP contribution in [0.3, 0.4) is 0 Å². The molecule has 1 saturated carbocycles. The van der Waals surface area contributed by atoms with Crippen molar-refractivity contribution in [3.63, 3.8) is 0 Å². The Morgan fingerprint density at radius 3 is 2.47 bits per heavy atom. The molecule has 1 aliphatic carbocycles. The molecule has 9 heteroatoms. The Kier molecular flexibility index (Phi) is 6.99. The molecule has 38 heavy (non-hydrogen) atoms. The summed E-state index contributed by atoms with van der Waals surface area (Å²) in [4.78, 5) is 30.0. The molecule has 2 heterocycles. The van der Waals surface area contributed by atoms with Gasteiger partial charge in [0.2, 0.25) is 11.8 Å². The van der Waals surface area contributed by atoms with Crippen LogP contribution < -0.4 is 11.1 Å². The van der Waals surface area contributed by atoms with Crippen molar-refractivity contribution in [1.82, 2.24) is 20.1 Å². The van der Waals surface area contributed by atoms with Crippen LogP contribution in [0, 0.1) is 11.3 Å². The van der Waals surface area contributed by atoms with E-state index in [-0.39, 0.29) is 23.2 Å². The van der Waals surface area contributed by atoms with Gasteiger partial charge in [-0.25, -0.2) is 4.68 Å². The molecule has 3 N–H and O–H groups in total. The van der Waals surface area contributed by atoms with Gasteiger partial charge in [0.25, 0.3) is 0 Å². The molecule has 0 radical (unpaired) electrons. The van der Waals surface area contributed by atoms with Crippen molar-refractivity contribution in [2.75, 3.05) is 0 Å². The maximum atomic E-state index is 13.5. The summed E-state index contributed by atoms with van der Waals surface area (Å²) in [5.41, 5.74) is 9.35. The fraction of sp³-hybridized carbons (Fsp3) is 0.241. The lowest BCUT2D eigenvalue weighted by Gasteiger charge is -2.16. The largest absolute Gasteiger partial charge is 0.368 e. The van der Waals surface area contributed by atoms with Crippen molar-refractivity contribution in [1.29, 1.82) is 0 Å². The number of carbonyl (C=O) groups excluding carboxylic acids is 2. The number of nitrogens with zero attached hydrogens (tertiary/aromatic N) is 3. The van der Waals surface area contributed by atoms with Crippen LogP contribution in [-0.4, -0.2) is 32.6 Å². The zero-order valence-electron chi connectivity index (χ0n) is 20.9. The summed E-state index contributed by atoms with van der Waals surface area (Å²) in [6.07, 6.45) is 3.77. The number of pyridine rings is 1. The number of nitrogens with one attached hydrogen (secondary N) is 1. The Bertz CT molecular complexity index is 1490. The van der Waals surface area contributed by atoms with Gasteiger partial charge < -0.3 is 11.1 Å². The predicted octanol–water partition coefficient (Wildman–Crippen LogP) is 5.19. The number of primary amides is 1. The molecule has 194 valence electrons. The van der Waals surface area contributed by atoms with E-state index in [4.69, 9.17) is 34.0 Å². The number of amides is 2. The second-order valence-electron chi connectivity index (χ2n) is 10.1. The van der Waals surface area contributed by atoms with Crippen LogP contribution in [0.1, 0.15) is 31.0 Å². The summed E-state index contributed by atoms with van der Waals surface area (Å²) in [6, 6.07) is 19.7. The van der Waals surface area contributed by atoms with Crippen LogP contribution in [0.4, 0.5) is 0 Å². The molecule has 0 unspecified atom stereocenters. The van der Waals surface area contributed by atoms with Crippen LogP contribution in [-0.2, 0) is 16.0 Å². The summed E-state index contributed by atoms with van der Waals surface area (Å²) in [5.74, 6) is -1.35. The van der Waals surface area contributed by atoms with Crippen molar-refractivity contribution >= 4 is 35.0 Å². The van der Waals surface area contributed by atoms with Crippen LogP contribution >= 0.6 is 23.2 Å². The first-order valence-electron chi connectivity index (χ1n) is 12.3. The zero-order chi connectivity index (χ0) is 27.0. The fourth-order valence-corrected chi connectivity index (χ4v) is 5.40. The maximum absolute atomic E-state index is 13.5. The number of hydrogen-bond acceptors (Lipinski definition) is 4. The third-order valence-corrected chi connectivity index (χ3v) is 7.95. The first-order chi connectivity index (χ1) is 18.2. The molecular formula is C29H27Cl2N5O2. The van der Waals surface area contributed by atoms with Crippen molar-refractivity contribution in [2.45, 2.75) is 32.2 Å². The van der Waals surface area contributed by atoms with Crippen molar-refractivity contribution in [3.05, 3.63) is 100 Å². The lowest BCUT2D eigenvalue weighted by Crippen LogP contribution is -2.46. The van der Waals surface area contributed by atoms with Gasteiger partial charge in [-0.05, 0) is 47.4 Å². The third-order valence-electron chi connectivity index (χ3n) is 7.21. The van der Waals surface area contributed by atoms with Crippen molar-refractivity contribution in [2.24, 2.45) is 17.1 Å². The molecule has 5 rings (SSSR count). The molecule has 2 aromatic carbocycles. The van der Waals surface area contributed by atoms with Gasteiger partial charge in [-0.3, -0.25) is 14.6 Å². The van der Waals surface area contributed by atoms with Gasteiger partial charge in [-0.1, -0.05) is 67.4 Å². The molecule has 2 amide bonds. The highest BCUT2D eigenvalue weighted by molar-refractivity contribution is 6.42. The van der Waals surface area contributed by atoms with E-state index in [1.54, 1.807) is 29.2 Å². The zero-order valence-corrected chi connectivity index (χ0v) is 22.4. The molecule has 1 fully saturated rings. The number of carbonyl (C=O) groups is 2. The minimum Gasteiger partial charge on any atom is -0.368 e. The first-order valence-corrected chi connectivity index (χ1v) is 13.0. The highest BCUT2D eigenvalue weighted by Crippen LogP contribution is 2.65. The highest BCUT2D eigenvalue weighted by atomic mass is 35.5. The van der Waals surface area contributed by atoms with Gasteiger partial charge in [0, 0.05) is 36.0 Å². The monoisotopic (exact) mass is 547 g/mol. The number of halogens is 2. The first kappa shape index (κ1) is 25.9. The second-order valence-corrected chi connectivity index (χ2v) is 11.0. The molecule has 1 aliphatic rings. The minimum atomic E-state index is -0.812. The topological polar surface area (TPSA) is 103 Å². The predicted molar refractivity (Wildman–Crippen MR) is 148 cm³/mol. The molecule has 0 aliphatic heterocycles.